The van der Waals surface area contributed by atoms with Crippen molar-refractivity contribution < 1.29 is 0 Å². The number of hydrazine groups is 1. The minimum Gasteiger partial charge on any atom is -0.365 e. The van der Waals surface area contributed by atoms with E-state index in [0.29, 0.717) is 23.3 Å². The second-order valence-corrected chi connectivity index (χ2v) is 4.28. The zero-order valence-corrected chi connectivity index (χ0v) is 10.7. The van der Waals surface area contributed by atoms with Crippen LogP contribution in [0.15, 0.2) is 30.5 Å². The summed E-state index contributed by atoms with van der Waals surface area (Å²) in [7, 11) is 0. The number of nitrogens with zero attached hydrogens (tertiary/aromatic N) is 2. The predicted molar refractivity (Wildman–Crippen MR) is 73.4 cm³/mol. The van der Waals surface area contributed by atoms with Gasteiger partial charge < -0.3 is 5.32 Å². The Morgan fingerprint density at radius 1 is 1.28 bits per heavy atom. The monoisotopic (exact) mass is 263 g/mol. The first-order valence-electron chi connectivity index (χ1n) is 5.47. The van der Waals surface area contributed by atoms with Gasteiger partial charge in [0, 0.05) is 6.54 Å². The van der Waals surface area contributed by atoms with Crippen LogP contribution < -0.4 is 16.6 Å². The van der Waals surface area contributed by atoms with Crippen molar-refractivity contribution in [3.63, 3.8) is 0 Å². The Balaban J connectivity index is 2.07. The van der Waals surface area contributed by atoms with Crippen molar-refractivity contribution in [2.24, 2.45) is 5.84 Å². The topological polar surface area (TPSA) is 75.9 Å². The summed E-state index contributed by atoms with van der Waals surface area (Å²) >= 11 is 5.99. The zero-order chi connectivity index (χ0) is 13.0. The molecule has 0 unspecified atom stereocenters. The third-order valence-corrected chi connectivity index (χ3v) is 2.73. The lowest BCUT2D eigenvalue weighted by Gasteiger charge is -2.08. The highest BCUT2D eigenvalue weighted by Crippen LogP contribution is 2.19. The Morgan fingerprint density at radius 2 is 2.00 bits per heavy atom. The van der Waals surface area contributed by atoms with E-state index in [1.54, 1.807) is 0 Å². The number of anilines is 2. The average molecular weight is 264 g/mol. The fourth-order valence-corrected chi connectivity index (χ4v) is 1.61. The summed E-state index contributed by atoms with van der Waals surface area (Å²) in [5.74, 6) is 6.13. The van der Waals surface area contributed by atoms with Crippen LogP contribution >= 0.6 is 11.6 Å². The van der Waals surface area contributed by atoms with Gasteiger partial charge in [-0.1, -0.05) is 41.4 Å². The van der Waals surface area contributed by atoms with E-state index in [-0.39, 0.29) is 0 Å². The summed E-state index contributed by atoms with van der Waals surface area (Å²) in [6, 6.07) is 8.23. The molecule has 1 heterocycles. The lowest BCUT2D eigenvalue weighted by molar-refractivity contribution is 1.06. The maximum absolute atomic E-state index is 5.99. The summed E-state index contributed by atoms with van der Waals surface area (Å²) in [5.41, 5.74) is 4.76. The molecule has 0 aliphatic heterocycles. The Labute approximate surface area is 110 Å². The van der Waals surface area contributed by atoms with E-state index >= 15 is 0 Å². The number of hydrogen-bond acceptors (Lipinski definition) is 5. The van der Waals surface area contributed by atoms with Crippen LogP contribution in [0, 0.1) is 6.92 Å². The van der Waals surface area contributed by atoms with Crippen molar-refractivity contribution >= 4 is 23.4 Å². The molecule has 0 spiro atoms. The molecule has 0 bridgehead atoms. The minimum absolute atomic E-state index is 0.325. The van der Waals surface area contributed by atoms with Crippen LogP contribution in [0.5, 0.6) is 0 Å². The second kappa shape index (κ2) is 5.66. The molecule has 0 radical (unpaired) electrons. The van der Waals surface area contributed by atoms with Crippen LogP contribution in [0.2, 0.25) is 5.02 Å². The molecule has 2 rings (SSSR count). The lowest BCUT2D eigenvalue weighted by atomic mass is 10.1. The molecule has 94 valence electrons. The molecular weight excluding hydrogens is 250 g/mol. The van der Waals surface area contributed by atoms with Crippen LogP contribution in [0.4, 0.5) is 11.8 Å². The molecule has 0 aliphatic rings. The molecule has 5 nitrogen and oxygen atoms in total. The standard InChI is InChI=1S/C12H14ClN5/c1-8-2-4-9(5-3-8)6-15-11-10(13)7-16-12(17-11)18-14/h2-5,7H,6,14H2,1H3,(H2,15,16,17,18). The van der Waals surface area contributed by atoms with Crippen LogP contribution in [0.25, 0.3) is 0 Å². The first kappa shape index (κ1) is 12.6. The lowest BCUT2D eigenvalue weighted by Crippen LogP contribution is -2.12. The van der Waals surface area contributed by atoms with Crippen LogP contribution in [-0.4, -0.2) is 9.97 Å². The van der Waals surface area contributed by atoms with E-state index in [2.05, 4.69) is 51.9 Å². The van der Waals surface area contributed by atoms with Gasteiger partial charge in [-0.3, -0.25) is 5.43 Å². The largest absolute Gasteiger partial charge is 0.365 e. The Bertz CT molecular complexity index is 526. The van der Waals surface area contributed by atoms with Gasteiger partial charge in [0.1, 0.15) is 5.02 Å². The summed E-state index contributed by atoms with van der Waals surface area (Å²) in [6.45, 7) is 2.69. The predicted octanol–water partition coefficient (Wildman–Crippen LogP) is 2.34. The molecule has 1 aromatic heterocycles. The molecule has 0 aliphatic carbocycles. The van der Waals surface area contributed by atoms with Gasteiger partial charge in [-0.2, -0.15) is 4.98 Å². The molecular formula is C12H14ClN5. The number of aromatic nitrogens is 2. The van der Waals surface area contributed by atoms with Gasteiger partial charge >= 0.3 is 0 Å². The zero-order valence-electron chi connectivity index (χ0n) is 9.94. The molecule has 0 amide bonds. The van der Waals surface area contributed by atoms with Crippen LogP contribution in [0.1, 0.15) is 11.1 Å². The van der Waals surface area contributed by atoms with Crippen molar-refractivity contribution in [1.29, 1.82) is 0 Å². The van der Waals surface area contributed by atoms with E-state index in [9.17, 15) is 0 Å². The summed E-state index contributed by atoms with van der Waals surface area (Å²) in [5, 5.41) is 3.60. The number of benzene rings is 1. The van der Waals surface area contributed by atoms with Crippen LogP contribution in [-0.2, 0) is 6.54 Å². The molecule has 6 heteroatoms. The van der Waals surface area contributed by atoms with Crippen molar-refractivity contribution in [3.05, 3.63) is 46.6 Å². The molecule has 2 aromatic rings. The van der Waals surface area contributed by atoms with Gasteiger partial charge in [-0.05, 0) is 12.5 Å². The van der Waals surface area contributed by atoms with Gasteiger partial charge in [0.15, 0.2) is 5.82 Å². The maximum atomic E-state index is 5.99. The highest BCUT2D eigenvalue weighted by atomic mass is 35.5. The second-order valence-electron chi connectivity index (χ2n) is 3.87. The number of halogens is 1. The number of nitrogens with one attached hydrogen (secondary N) is 2. The first-order valence-corrected chi connectivity index (χ1v) is 5.85. The highest BCUT2D eigenvalue weighted by molar-refractivity contribution is 6.32. The minimum atomic E-state index is 0.325. The highest BCUT2D eigenvalue weighted by Gasteiger charge is 2.04. The van der Waals surface area contributed by atoms with Gasteiger partial charge in [-0.15, -0.1) is 0 Å². The van der Waals surface area contributed by atoms with Gasteiger partial charge in [0.05, 0.1) is 6.20 Å². The van der Waals surface area contributed by atoms with Crippen molar-refractivity contribution in [2.45, 2.75) is 13.5 Å². The molecule has 0 fully saturated rings. The molecule has 0 atom stereocenters. The first-order chi connectivity index (χ1) is 8.69. The number of hydrogen-bond donors (Lipinski definition) is 3. The number of nitrogen functional groups attached to an aromatic ring is 1. The summed E-state index contributed by atoms with van der Waals surface area (Å²) in [4.78, 5) is 8.04. The van der Waals surface area contributed by atoms with Gasteiger partial charge in [-0.25, -0.2) is 10.8 Å². The van der Waals surface area contributed by atoms with E-state index in [4.69, 9.17) is 17.4 Å². The third-order valence-electron chi connectivity index (χ3n) is 2.45. The van der Waals surface area contributed by atoms with Gasteiger partial charge in [0.25, 0.3) is 0 Å². The average Bonchev–Trinajstić information content (AvgIpc) is 2.40. The number of aryl methyl sites for hydroxylation is 1. The molecule has 0 saturated carbocycles. The quantitative estimate of drug-likeness (QED) is 0.583. The van der Waals surface area contributed by atoms with E-state index in [1.165, 1.54) is 11.8 Å². The SMILES string of the molecule is Cc1ccc(CNc2nc(NN)ncc2Cl)cc1. The normalized spacial score (nSPS) is 10.2. The van der Waals surface area contributed by atoms with E-state index < -0.39 is 0 Å². The Morgan fingerprint density at radius 3 is 2.67 bits per heavy atom. The smallest absolute Gasteiger partial charge is 0.239 e. The Hall–Kier alpha value is -1.85. The van der Waals surface area contributed by atoms with Crippen molar-refractivity contribution in [1.82, 2.24) is 9.97 Å². The summed E-state index contributed by atoms with van der Waals surface area (Å²) in [6.07, 6.45) is 1.50. The molecule has 18 heavy (non-hydrogen) atoms. The Kier molecular flexibility index (Phi) is 3.96. The maximum Gasteiger partial charge on any atom is 0.239 e. The number of nitrogens with two attached hydrogens (primary N) is 1. The third kappa shape index (κ3) is 3.09. The fourth-order valence-electron chi connectivity index (χ4n) is 1.45. The molecule has 0 saturated heterocycles. The van der Waals surface area contributed by atoms with Crippen molar-refractivity contribution in [2.75, 3.05) is 10.7 Å². The van der Waals surface area contributed by atoms with E-state index in [0.717, 1.165) is 5.56 Å². The van der Waals surface area contributed by atoms with Crippen molar-refractivity contribution in [3.8, 4) is 0 Å². The molecule has 4 N–H and O–H groups in total. The fraction of sp³-hybridized carbons (Fsp3) is 0.167. The van der Waals surface area contributed by atoms with Gasteiger partial charge in [0.2, 0.25) is 5.95 Å². The summed E-state index contributed by atoms with van der Waals surface area (Å²) < 4.78 is 0. The molecule has 1 aromatic carbocycles. The van der Waals surface area contributed by atoms with Crippen LogP contribution in [0.3, 0.4) is 0 Å². The number of rotatable bonds is 4. The van der Waals surface area contributed by atoms with E-state index in [1.807, 2.05) is 0 Å².